The molecule has 0 spiro atoms. The van der Waals surface area contributed by atoms with Gasteiger partial charge in [-0.15, -0.1) is 0 Å². The largest absolute Gasteiger partial charge is 0.491 e. The molecule has 152 valence electrons. The lowest BCUT2D eigenvalue weighted by molar-refractivity contribution is -0.122. The maximum Gasteiger partial charge on any atom is 0.243 e. The molecule has 0 radical (unpaired) electrons. The molecule has 0 saturated heterocycles. The van der Waals surface area contributed by atoms with Gasteiger partial charge in [0.25, 0.3) is 0 Å². The molecule has 0 aliphatic rings. The van der Waals surface area contributed by atoms with Crippen LogP contribution in [0.1, 0.15) is 26.3 Å². The summed E-state index contributed by atoms with van der Waals surface area (Å²) in [6.07, 6.45) is 0.963. The Balaban J connectivity index is 2.15. The fourth-order valence-electron chi connectivity index (χ4n) is 2.75. The first-order chi connectivity index (χ1) is 13.1. The van der Waals surface area contributed by atoms with Gasteiger partial charge in [0.05, 0.1) is 18.0 Å². The molecule has 28 heavy (non-hydrogen) atoms. The fourth-order valence-corrected chi connectivity index (χ4v) is 3.92. The zero-order valence-electron chi connectivity index (χ0n) is 16.3. The molecule has 0 bridgehead atoms. The van der Waals surface area contributed by atoms with Gasteiger partial charge in [-0.25, -0.2) is 12.8 Å². The van der Waals surface area contributed by atoms with Gasteiger partial charge in [0.15, 0.2) is 0 Å². The quantitative estimate of drug-likeness (QED) is 0.728. The van der Waals surface area contributed by atoms with Gasteiger partial charge in [-0.05, 0) is 50.6 Å². The van der Waals surface area contributed by atoms with Crippen LogP contribution >= 0.6 is 0 Å². The van der Waals surface area contributed by atoms with Crippen molar-refractivity contribution < 1.29 is 22.3 Å². The highest BCUT2D eigenvalue weighted by Crippen LogP contribution is 2.24. The molecule has 0 aliphatic heterocycles. The number of carbonyl (C=O) groups excluding carboxylic acids is 1. The van der Waals surface area contributed by atoms with Crippen LogP contribution in [0.4, 0.5) is 10.1 Å². The molecule has 1 amide bonds. The Kier molecular flexibility index (Phi) is 7.01. The highest BCUT2D eigenvalue weighted by Gasteiger charge is 2.30. The minimum absolute atomic E-state index is 0.0222. The van der Waals surface area contributed by atoms with Crippen molar-refractivity contribution in [1.29, 1.82) is 0 Å². The van der Waals surface area contributed by atoms with Gasteiger partial charge in [0.2, 0.25) is 15.9 Å². The first-order valence-electron chi connectivity index (χ1n) is 8.87. The molecule has 0 saturated carbocycles. The molecule has 2 aromatic carbocycles. The maximum absolute atomic E-state index is 14.1. The van der Waals surface area contributed by atoms with Gasteiger partial charge in [0.1, 0.15) is 17.6 Å². The number of anilines is 1. The minimum atomic E-state index is -3.88. The lowest BCUT2D eigenvalue weighted by Crippen LogP contribution is -2.48. The van der Waals surface area contributed by atoms with Gasteiger partial charge < -0.3 is 10.1 Å². The molecule has 1 atom stereocenters. The van der Waals surface area contributed by atoms with Crippen LogP contribution in [-0.4, -0.2) is 32.7 Å². The minimum Gasteiger partial charge on any atom is -0.491 e. The zero-order valence-corrected chi connectivity index (χ0v) is 17.2. The number of amides is 1. The van der Waals surface area contributed by atoms with E-state index in [9.17, 15) is 17.6 Å². The van der Waals surface area contributed by atoms with Crippen LogP contribution in [0.5, 0.6) is 5.75 Å². The SMILES string of the molecule is CC(C)Oc1cccc(CNC(=O)[C@H](C)N(c2ccccc2F)S(C)(=O)=O)c1. The van der Waals surface area contributed by atoms with Crippen LogP contribution in [0.15, 0.2) is 48.5 Å². The molecule has 0 heterocycles. The second-order valence-corrected chi connectivity index (χ2v) is 8.58. The Morgan fingerprint density at radius 2 is 1.82 bits per heavy atom. The van der Waals surface area contributed by atoms with E-state index in [-0.39, 0.29) is 18.3 Å². The second kappa shape index (κ2) is 9.05. The summed E-state index contributed by atoms with van der Waals surface area (Å²) in [6, 6.07) is 11.6. The van der Waals surface area contributed by atoms with Crippen LogP contribution in [0.25, 0.3) is 0 Å². The van der Waals surface area contributed by atoms with Gasteiger partial charge in [0, 0.05) is 6.54 Å². The van der Waals surface area contributed by atoms with Gasteiger partial charge in [-0.1, -0.05) is 24.3 Å². The first-order valence-corrected chi connectivity index (χ1v) is 10.7. The topological polar surface area (TPSA) is 75.7 Å². The average Bonchev–Trinajstić information content (AvgIpc) is 2.60. The van der Waals surface area contributed by atoms with Crippen molar-refractivity contribution in [1.82, 2.24) is 5.32 Å². The molecule has 0 fully saturated rings. The third kappa shape index (κ3) is 5.69. The summed E-state index contributed by atoms with van der Waals surface area (Å²) >= 11 is 0. The van der Waals surface area contributed by atoms with E-state index >= 15 is 0 Å². The summed E-state index contributed by atoms with van der Waals surface area (Å²) in [5.41, 5.74) is 0.635. The standard InChI is InChI=1S/C20H25FN2O4S/c1-14(2)27-17-9-7-8-16(12-17)13-22-20(24)15(3)23(28(4,25)26)19-11-6-5-10-18(19)21/h5-12,14-15H,13H2,1-4H3,(H,22,24)/t15-/m0/s1. The Hall–Kier alpha value is -2.61. The number of nitrogens with one attached hydrogen (secondary N) is 1. The number of nitrogens with zero attached hydrogens (tertiary/aromatic N) is 1. The molecule has 0 aromatic heterocycles. The number of ether oxygens (including phenoxy) is 1. The number of rotatable bonds is 8. The molecule has 0 aliphatic carbocycles. The van der Waals surface area contributed by atoms with E-state index in [0.29, 0.717) is 5.75 Å². The summed E-state index contributed by atoms with van der Waals surface area (Å²) in [7, 11) is -3.88. The molecule has 1 N–H and O–H groups in total. The van der Waals surface area contributed by atoms with Crippen LogP contribution in [0, 0.1) is 5.82 Å². The fraction of sp³-hybridized carbons (Fsp3) is 0.350. The summed E-state index contributed by atoms with van der Waals surface area (Å²) in [6.45, 7) is 5.44. The number of benzene rings is 2. The summed E-state index contributed by atoms with van der Waals surface area (Å²) in [5, 5.41) is 2.70. The Morgan fingerprint density at radius 3 is 2.43 bits per heavy atom. The van der Waals surface area contributed by atoms with Gasteiger partial charge in [-0.3, -0.25) is 9.10 Å². The molecule has 0 unspecified atom stereocenters. The van der Waals surface area contributed by atoms with Crippen molar-refractivity contribution in [3.8, 4) is 5.75 Å². The van der Waals surface area contributed by atoms with E-state index in [1.807, 2.05) is 32.0 Å². The van der Waals surface area contributed by atoms with E-state index < -0.39 is 27.8 Å². The smallest absolute Gasteiger partial charge is 0.243 e. The highest BCUT2D eigenvalue weighted by atomic mass is 32.2. The molecule has 2 aromatic rings. The second-order valence-electron chi connectivity index (χ2n) is 6.72. The predicted octanol–water partition coefficient (Wildman–Crippen LogP) is 3.08. The Morgan fingerprint density at radius 1 is 1.14 bits per heavy atom. The van der Waals surface area contributed by atoms with Gasteiger partial charge in [-0.2, -0.15) is 0 Å². The van der Waals surface area contributed by atoms with E-state index in [0.717, 1.165) is 22.2 Å². The summed E-state index contributed by atoms with van der Waals surface area (Å²) in [4.78, 5) is 12.6. The lowest BCUT2D eigenvalue weighted by atomic mass is 10.2. The van der Waals surface area contributed by atoms with Crippen molar-refractivity contribution in [3.05, 3.63) is 59.9 Å². The monoisotopic (exact) mass is 408 g/mol. The maximum atomic E-state index is 14.1. The Bertz CT molecular complexity index is 931. The van der Waals surface area contributed by atoms with E-state index in [2.05, 4.69) is 5.32 Å². The number of halogens is 1. The molecule has 2 rings (SSSR count). The van der Waals surface area contributed by atoms with Crippen molar-refractivity contribution in [3.63, 3.8) is 0 Å². The molecule has 8 heteroatoms. The van der Waals surface area contributed by atoms with Crippen LogP contribution in [0.3, 0.4) is 0 Å². The number of carbonyl (C=O) groups is 1. The van der Waals surface area contributed by atoms with Crippen molar-refractivity contribution in [2.75, 3.05) is 10.6 Å². The third-order valence-corrected chi connectivity index (χ3v) is 5.14. The number of para-hydroxylation sites is 1. The van der Waals surface area contributed by atoms with Gasteiger partial charge >= 0.3 is 0 Å². The van der Waals surface area contributed by atoms with Crippen LogP contribution in [-0.2, 0) is 21.4 Å². The average molecular weight is 408 g/mol. The van der Waals surface area contributed by atoms with Crippen LogP contribution in [0.2, 0.25) is 0 Å². The molecular formula is C20H25FN2O4S. The third-order valence-electron chi connectivity index (χ3n) is 3.92. The number of sulfonamides is 1. The highest BCUT2D eigenvalue weighted by molar-refractivity contribution is 7.92. The van der Waals surface area contributed by atoms with Crippen molar-refractivity contribution in [2.45, 2.75) is 39.5 Å². The normalized spacial score (nSPS) is 12.5. The zero-order chi connectivity index (χ0) is 20.9. The van der Waals surface area contributed by atoms with Crippen LogP contribution < -0.4 is 14.4 Å². The molecule has 6 nitrogen and oxygen atoms in total. The lowest BCUT2D eigenvalue weighted by Gasteiger charge is -2.28. The van der Waals surface area contributed by atoms with E-state index in [4.69, 9.17) is 4.74 Å². The predicted molar refractivity (Wildman–Crippen MR) is 107 cm³/mol. The van der Waals surface area contributed by atoms with E-state index in [1.54, 1.807) is 6.07 Å². The van der Waals surface area contributed by atoms with Crippen molar-refractivity contribution in [2.24, 2.45) is 0 Å². The first kappa shape index (κ1) is 21.7. The summed E-state index contributed by atoms with van der Waals surface area (Å²) < 4.78 is 45.0. The summed E-state index contributed by atoms with van der Waals surface area (Å²) in [5.74, 6) is -0.575. The Labute approximate surface area is 165 Å². The number of hydrogen-bond acceptors (Lipinski definition) is 4. The molecular weight excluding hydrogens is 383 g/mol. The van der Waals surface area contributed by atoms with E-state index in [1.165, 1.54) is 25.1 Å². The number of hydrogen-bond donors (Lipinski definition) is 1. The van der Waals surface area contributed by atoms with Crippen molar-refractivity contribution >= 4 is 21.6 Å².